The molecule has 1 aromatic carbocycles. The molecule has 0 spiro atoms. The fourth-order valence-corrected chi connectivity index (χ4v) is 1.98. The van der Waals surface area contributed by atoms with Gasteiger partial charge in [-0.1, -0.05) is 0 Å². The van der Waals surface area contributed by atoms with Crippen molar-refractivity contribution in [1.29, 1.82) is 0 Å². The van der Waals surface area contributed by atoms with Crippen molar-refractivity contribution in [2.24, 2.45) is 0 Å². The number of benzene rings is 1. The van der Waals surface area contributed by atoms with E-state index in [4.69, 9.17) is 0 Å². The highest BCUT2D eigenvalue weighted by molar-refractivity contribution is 8.00. The van der Waals surface area contributed by atoms with Crippen molar-refractivity contribution in [1.82, 2.24) is 15.2 Å². The molecular weight excluding hydrogens is 312 g/mol. The van der Waals surface area contributed by atoms with Gasteiger partial charge in [-0.15, -0.1) is 16.9 Å². The van der Waals surface area contributed by atoms with Crippen LogP contribution in [0.15, 0.2) is 29.2 Å². The zero-order valence-electron chi connectivity index (χ0n) is 10.2. The van der Waals surface area contributed by atoms with Crippen molar-refractivity contribution in [2.45, 2.75) is 11.1 Å². The van der Waals surface area contributed by atoms with E-state index in [1.807, 2.05) is 0 Å². The molecule has 0 aliphatic rings. The molecule has 0 radical (unpaired) electrons. The van der Waals surface area contributed by atoms with Gasteiger partial charge in [0.1, 0.15) is 5.82 Å². The second-order valence-corrected chi connectivity index (χ2v) is 4.84. The SMILES string of the molecule is O=C(CSc1ccc(F)cc1)Nc1n[nH]c(C(F)(F)F)n1. The van der Waals surface area contributed by atoms with E-state index in [0.717, 1.165) is 11.8 Å². The molecule has 1 amide bonds. The number of hydrogen-bond acceptors (Lipinski definition) is 4. The number of amides is 1. The molecule has 10 heteroatoms. The maximum atomic E-state index is 12.7. The number of anilines is 1. The lowest BCUT2D eigenvalue weighted by Crippen LogP contribution is -2.15. The summed E-state index contributed by atoms with van der Waals surface area (Å²) in [5, 5.41) is 7.05. The molecule has 112 valence electrons. The summed E-state index contributed by atoms with van der Waals surface area (Å²) in [7, 11) is 0. The minimum absolute atomic E-state index is 0.0679. The Morgan fingerprint density at radius 3 is 2.52 bits per heavy atom. The zero-order valence-corrected chi connectivity index (χ0v) is 11.1. The molecule has 0 fully saturated rings. The number of alkyl halides is 3. The lowest BCUT2D eigenvalue weighted by atomic mass is 10.4. The van der Waals surface area contributed by atoms with Crippen molar-refractivity contribution in [2.75, 3.05) is 11.1 Å². The van der Waals surface area contributed by atoms with Gasteiger partial charge >= 0.3 is 6.18 Å². The number of rotatable bonds is 4. The van der Waals surface area contributed by atoms with Gasteiger partial charge in [0.25, 0.3) is 0 Å². The summed E-state index contributed by atoms with van der Waals surface area (Å²) in [5.41, 5.74) is 0. The topological polar surface area (TPSA) is 70.7 Å². The summed E-state index contributed by atoms with van der Waals surface area (Å²) in [6.07, 6.45) is -4.65. The Morgan fingerprint density at radius 2 is 1.95 bits per heavy atom. The summed E-state index contributed by atoms with van der Waals surface area (Å²) in [6.45, 7) is 0. The number of carbonyl (C=O) groups excluding carboxylic acids is 1. The van der Waals surface area contributed by atoms with Crippen LogP contribution in [0.25, 0.3) is 0 Å². The number of hydrogen-bond donors (Lipinski definition) is 2. The summed E-state index contributed by atoms with van der Waals surface area (Å²) < 4.78 is 49.4. The van der Waals surface area contributed by atoms with Gasteiger partial charge in [0.2, 0.25) is 17.7 Å². The van der Waals surface area contributed by atoms with Crippen LogP contribution in [0.1, 0.15) is 5.82 Å². The van der Waals surface area contributed by atoms with E-state index in [-0.39, 0.29) is 5.75 Å². The normalized spacial score (nSPS) is 11.4. The number of aromatic nitrogens is 3. The molecule has 2 rings (SSSR count). The lowest BCUT2D eigenvalue weighted by Gasteiger charge is -2.02. The molecular formula is C11H8F4N4OS. The minimum Gasteiger partial charge on any atom is -0.292 e. The van der Waals surface area contributed by atoms with Crippen LogP contribution in [0.3, 0.4) is 0 Å². The Hall–Kier alpha value is -2.10. The molecule has 0 saturated heterocycles. The van der Waals surface area contributed by atoms with Gasteiger partial charge in [-0.3, -0.25) is 15.2 Å². The average Bonchev–Trinajstić information content (AvgIpc) is 2.86. The summed E-state index contributed by atoms with van der Waals surface area (Å²) in [4.78, 5) is 15.3. The molecule has 2 N–H and O–H groups in total. The van der Waals surface area contributed by atoms with Crippen molar-refractivity contribution < 1.29 is 22.4 Å². The molecule has 0 bridgehead atoms. The second-order valence-electron chi connectivity index (χ2n) is 3.80. The Morgan fingerprint density at radius 1 is 1.29 bits per heavy atom. The Bertz CT molecular complexity index is 626. The van der Waals surface area contributed by atoms with Crippen LogP contribution in [-0.4, -0.2) is 26.8 Å². The number of carbonyl (C=O) groups is 1. The number of thioether (sulfide) groups is 1. The largest absolute Gasteiger partial charge is 0.451 e. The maximum absolute atomic E-state index is 12.7. The summed E-state index contributed by atoms with van der Waals surface area (Å²) in [6, 6.07) is 5.46. The van der Waals surface area contributed by atoms with E-state index in [2.05, 4.69) is 15.4 Å². The van der Waals surface area contributed by atoms with E-state index < -0.39 is 29.7 Å². The third-order valence-electron chi connectivity index (χ3n) is 2.19. The van der Waals surface area contributed by atoms with E-state index in [1.165, 1.54) is 24.3 Å². The molecule has 0 unspecified atom stereocenters. The number of H-pyrrole nitrogens is 1. The van der Waals surface area contributed by atoms with Gasteiger partial charge in [0.05, 0.1) is 5.75 Å². The number of nitrogens with zero attached hydrogens (tertiary/aromatic N) is 2. The van der Waals surface area contributed by atoms with Crippen LogP contribution in [-0.2, 0) is 11.0 Å². The van der Waals surface area contributed by atoms with Crippen LogP contribution in [0, 0.1) is 5.82 Å². The van der Waals surface area contributed by atoms with E-state index in [1.54, 1.807) is 5.10 Å². The van der Waals surface area contributed by atoms with E-state index in [0.29, 0.717) is 4.90 Å². The third-order valence-corrected chi connectivity index (χ3v) is 3.20. The van der Waals surface area contributed by atoms with E-state index in [9.17, 15) is 22.4 Å². The van der Waals surface area contributed by atoms with Gasteiger partial charge in [-0.2, -0.15) is 18.2 Å². The summed E-state index contributed by atoms with van der Waals surface area (Å²) in [5.74, 6) is -2.78. The molecule has 0 aliphatic heterocycles. The highest BCUT2D eigenvalue weighted by atomic mass is 32.2. The summed E-state index contributed by atoms with van der Waals surface area (Å²) >= 11 is 1.10. The standard InChI is InChI=1S/C11H8F4N4OS/c12-6-1-3-7(4-2-6)21-5-8(20)16-10-17-9(18-19-10)11(13,14)15/h1-4H,5H2,(H2,16,17,18,19,20). The molecule has 0 atom stereocenters. The van der Waals surface area contributed by atoms with Crippen molar-refractivity contribution in [3.63, 3.8) is 0 Å². The number of nitrogens with one attached hydrogen (secondary N) is 2. The molecule has 1 heterocycles. The van der Waals surface area contributed by atoms with Crippen LogP contribution in [0.5, 0.6) is 0 Å². The molecule has 2 aromatic rings. The Kier molecular flexibility index (Phi) is 4.46. The highest BCUT2D eigenvalue weighted by Gasteiger charge is 2.35. The average molecular weight is 320 g/mol. The highest BCUT2D eigenvalue weighted by Crippen LogP contribution is 2.26. The van der Waals surface area contributed by atoms with Crippen molar-refractivity contribution >= 4 is 23.6 Å². The number of aromatic amines is 1. The molecule has 0 saturated carbocycles. The lowest BCUT2D eigenvalue weighted by molar-refractivity contribution is -0.144. The Balaban J connectivity index is 1.87. The maximum Gasteiger partial charge on any atom is 0.451 e. The smallest absolute Gasteiger partial charge is 0.292 e. The monoisotopic (exact) mass is 320 g/mol. The van der Waals surface area contributed by atoms with Crippen LogP contribution >= 0.6 is 11.8 Å². The van der Waals surface area contributed by atoms with Gasteiger partial charge in [0.15, 0.2) is 0 Å². The quantitative estimate of drug-likeness (QED) is 0.671. The first kappa shape index (κ1) is 15.3. The number of halogens is 4. The predicted molar refractivity (Wildman–Crippen MR) is 67.1 cm³/mol. The molecule has 21 heavy (non-hydrogen) atoms. The Labute approximate surface area is 120 Å². The zero-order chi connectivity index (χ0) is 15.5. The first-order valence-electron chi connectivity index (χ1n) is 5.52. The van der Waals surface area contributed by atoms with Crippen LogP contribution < -0.4 is 5.32 Å². The predicted octanol–water partition coefficient (Wildman–Crippen LogP) is 2.69. The van der Waals surface area contributed by atoms with Crippen molar-refractivity contribution in [3.8, 4) is 0 Å². The molecule has 1 aromatic heterocycles. The van der Waals surface area contributed by atoms with Crippen LogP contribution in [0.2, 0.25) is 0 Å². The second kappa shape index (κ2) is 6.12. The van der Waals surface area contributed by atoms with Gasteiger partial charge in [-0.05, 0) is 24.3 Å². The van der Waals surface area contributed by atoms with Gasteiger partial charge < -0.3 is 0 Å². The fraction of sp³-hybridized carbons (Fsp3) is 0.182. The van der Waals surface area contributed by atoms with E-state index >= 15 is 0 Å². The minimum atomic E-state index is -4.65. The van der Waals surface area contributed by atoms with Gasteiger partial charge in [-0.25, -0.2) is 4.39 Å². The first-order chi connectivity index (χ1) is 9.84. The molecule has 0 aliphatic carbocycles. The van der Waals surface area contributed by atoms with Gasteiger partial charge in [0, 0.05) is 4.90 Å². The fourth-order valence-electron chi connectivity index (χ4n) is 1.28. The van der Waals surface area contributed by atoms with Crippen LogP contribution in [0.4, 0.5) is 23.5 Å². The molecule has 5 nitrogen and oxygen atoms in total. The first-order valence-corrected chi connectivity index (χ1v) is 6.51. The third kappa shape index (κ3) is 4.45. The van der Waals surface area contributed by atoms with Crippen molar-refractivity contribution in [3.05, 3.63) is 35.9 Å².